The highest BCUT2D eigenvalue weighted by atomic mass is 16.5. The Morgan fingerprint density at radius 3 is 1.83 bits per heavy atom. The fourth-order valence-electron chi connectivity index (χ4n) is 4.18. The van der Waals surface area contributed by atoms with Gasteiger partial charge in [0.05, 0.1) is 0 Å². The van der Waals surface area contributed by atoms with Crippen molar-refractivity contribution in [3.63, 3.8) is 0 Å². The largest absolute Gasteiger partial charge is 0.423 e. The molecule has 4 nitrogen and oxygen atoms in total. The smallest absolute Gasteiger partial charge is 0.336 e. The number of carbonyl (C=O) groups is 2. The number of esters is 2. The molecule has 0 aromatic heterocycles. The van der Waals surface area contributed by atoms with Crippen LogP contribution in [0, 0.1) is 0 Å². The number of fused-ring (bicyclic) bond motifs is 3. The third kappa shape index (κ3) is 5.12. The van der Waals surface area contributed by atoms with Crippen LogP contribution in [0.25, 0.3) is 23.3 Å². The number of ether oxygens (including phenoxy) is 2. The van der Waals surface area contributed by atoms with Crippen molar-refractivity contribution in [3.05, 3.63) is 131 Å². The summed E-state index contributed by atoms with van der Waals surface area (Å²) in [6, 6.07) is 30.1. The molecular weight excluding hydrogens is 436 g/mol. The average molecular weight is 459 g/mol. The van der Waals surface area contributed by atoms with Gasteiger partial charge in [0.25, 0.3) is 0 Å². The van der Waals surface area contributed by atoms with Gasteiger partial charge in [-0.25, -0.2) is 9.59 Å². The van der Waals surface area contributed by atoms with Gasteiger partial charge in [-0.15, -0.1) is 0 Å². The maximum absolute atomic E-state index is 12.5. The molecule has 0 amide bonds. The lowest BCUT2D eigenvalue weighted by Crippen LogP contribution is -2.04. The normalized spacial score (nSPS) is 11.9. The van der Waals surface area contributed by atoms with Crippen molar-refractivity contribution in [2.75, 3.05) is 0 Å². The van der Waals surface area contributed by atoms with Crippen LogP contribution in [0.1, 0.15) is 22.3 Å². The number of para-hydroxylation sites is 2. The SMILES string of the molecule is O=C(C=Cc1ccc2c(c1C=CC(=O)Oc1ccccc1)Cc1ccccc1-2)Oc1ccccc1. The number of rotatable bonds is 6. The van der Waals surface area contributed by atoms with E-state index in [9.17, 15) is 9.59 Å². The summed E-state index contributed by atoms with van der Waals surface area (Å²) in [4.78, 5) is 24.9. The third-order valence-corrected chi connectivity index (χ3v) is 5.77. The minimum absolute atomic E-state index is 0.470. The summed E-state index contributed by atoms with van der Waals surface area (Å²) < 4.78 is 10.8. The lowest BCUT2D eigenvalue weighted by molar-refractivity contribution is -0.129. The Morgan fingerprint density at radius 1 is 0.600 bits per heavy atom. The third-order valence-electron chi connectivity index (χ3n) is 5.77. The number of carbonyl (C=O) groups excluding carboxylic acids is 2. The van der Waals surface area contributed by atoms with Gasteiger partial charge in [-0.1, -0.05) is 72.8 Å². The summed E-state index contributed by atoms with van der Waals surface area (Å²) in [5.41, 5.74) is 6.32. The second-order valence-corrected chi connectivity index (χ2v) is 8.06. The first-order chi connectivity index (χ1) is 17.2. The van der Waals surface area contributed by atoms with Crippen molar-refractivity contribution in [1.29, 1.82) is 0 Å². The van der Waals surface area contributed by atoms with E-state index in [1.165, 1.54) is 23.3 Å². The van der Waals surface area contributed by atoms with Gasteiger partial charge in [-0.05, 0) is 76.2 Å². The van der Waals surface area contributed by atoms with Crippen molar-refractivity contribution in [2.45, 2.75) is 6.42 Å². The zero-order chi connectivity index (χ0) is 24.0. The van der Waals surface area contributed by atoms with Crippen molar-refractivity contribution >= 4 is 24.1 Å². The Labute approximate surface area is 203 Å². The van der Waals surface area contributed by atoms with Crippen LogP contribution < -0.4 is 9.47 Å². The first-order valence-electron chi connectivity index (χ1n) is 11.3. The van der Waals surface area contributed by atoms with Gasteiger partial charge in [-0.3, -0.25) is 0 Å². The second-order valence-electron chi connectivity index (χ2n) is 8.06. The van der Waals surface area contributed by atoms with E-state index in [2.05, 4.69) is 18.2 Å². The molecule has 0 heterocycles. The predicted molar refractivity (Wildman–Crippen MR) is 137 cm³/mol. The topological polar surface area (TPSA) is 52.6 Å². The van der Waals surface area contributed by atoms with E-state index in [1.807, 2.05) is 54.6 Å². The van der Waals surface area contributed by atoms with Gasteiger partial charge in [0.2, 0.25) is 0 Å². The molecule has 0 fully saturated rings. The molecule has 4 aromatic carbocycles. The first kappa shape index (κ1) is 22.1. The molecule has 0 aliphatic heterocycles. The molecule has 4 heteroatoms. The molecule has 0 saturated carbocycles. The molecule has 170 valence electrons. The monoisotopic (exact) mass is 458 g/mol. The summed E-state index contributed by atoms with van der Waals surface area (Å²) in [7, 11) is 0. The Balaban J connectivity index is 1.44. The van der Waals surface area contributed by atoms with E-state index < -0.39 is 11.9 Å². The van der Waals surface area contributed by atoms with Crippen molar-refractivity contribution in [1.82, 2.24) is 0 Å². The van der Waals surface area contributed by atoms with Gasteiger partial charge in [0, 0.05) is 12.2 Å². The van der Waals surface area contributed by atoms with Gasteiger partial charge in [0.1, 0.15) is 11.5 Å². The summed E-state index contributed by atoms with van der Waals surface area (Å²) >= 11 is 0. The molecule has 0 spiro atoms. The molecule has 1 aliphatic carbocycles. The summed E-state index contributed by atoms with van der Waals surface area (Å²) in [6.07, 6.45) is 7.05. The lowest BCUT2D eigenvalue weighted by Gasteiger charge is -2.10. The van der Waals surface area contributed by atoms with Crippen LogP contribution in [0.2, 0.25) is 0 Å². The zero-order valence-electron chi connectivity index (χ0n) is 18.9. The molecule has 1 aliphatic rings. The molecule has 35 heavy (non-hydrogen) atoms. The quantitative estimate of drug-likeness (QED) is 0.166. The molecule has 4 aromatic rings. The number of hydrogen-bond acceptors (Lipinski definition) is 4. The van der Waals surface area contributed by atoms with Gasteiger partial charge < -0.3 is 9.47 Å². The Kier molecular flexibility index (Phi) is 6.35. The summed E-state index contributed by atoms with van der Waals surface area (Å²) in [5, 5.41) is 0. The minimum atomic E-state index is -0.474. The molecule has 0 bridgehead atoms. The fourth-order valence-corrected chi connectivity index (χ4v) is 4.18. The Morgan fingerprint density at radius 2 is 1.17 bits per heavy atom. The maximum Gasteiger partial charge on any atom is 0.336 e. The molecule has 0 atom stereocenters. The van der Waals surface area contributed by atoms with E-state index in [0.29, 0.717) is 11.5 Å². The van der Waals surface area contributed by atoms with E-state index in [4.69, 9.17) is 9.47 Å². The molecular formula is C31H22O4. The Hall–Kier alpha value is -4.70. The predicted octanol–water partition coefficient (Wildman–Crippen LogP) is 6.50. The van der Waals surface area contributed by atoms with Crippen LogP contribution in [0.15, 0.2) is 109 Å². The van der Waals surface area contributed by atoms with Crippen molar-refractivity contribution < 1.29 is 19.1 Å². The highest BCUT2D eigenvalue weighted by Crippen LogP contribution is 2.40. The fraction of sp³-hybridized carbons (Fsp3) is 0.0323. The lowest BCUT2D eigenvalue weighted by atomic mass is 9.95. The van der Waals surface area contributed by atoms with Crippen LogP contribution in [-0.4, -0.2) is 11.9 Å². The van der Waals surface area contributed by atoms with Crippen molar-refractivity contribution in [3.8, 4) is 22.6 Å². The zero-order valence-corrected chi connectivity index (χ0v) is 18.9. The summed E-state index contributed by atoms with van der Waals surface area (Å²) in [6.45, 7) is 0. The standard InChI is InChI=1S/C31H22O4/c32-30(34-24-10-3-1-4-11-24)19-16-22-15-17-28-26-14-8-7-9-23(26)21-29(28)27(22)18-20-31(33)35-25-12-5-2-6-13-25/h1-20H,21H2. The van der Waals surface area contributed by atoms with Gasteiger partial charge in [0.15, 0.2) is 0 Å². The van der Waals surface area contributed by atoms with Crippen LogP contribution in [0.4, 0.5) is 0 Å². The van der Waals surface area contributed by atoms with Crippen LogP contribution >= 0.6 is 0 Å². The summed E-state index contributed by atoms with van der Waals surface area (Å²) in [5.74, 6) is 0.0214. The molecule has 5 rings (SSSR count). The van der Waals surface area contributed by atoms with E-state index in [0.717, 1.165) is 28.7 Å². The first-order valence-corrected chi connectivity index (χ1v) is 11.3. The minimum Gasteiger partial charge on any atom is -0.423 e. The van der Waals surface area contributed by atoms with Gasteiger partial charge >= 0.3 is 11.9 Å². The maximum atomic E-state index is 12.5. The molecule has 0 unspecified atom stereocenters. The molecule has 0 saturated heterocycles. The van der Waals surface area contributed by atoms with Gasteiger partial charge in [-0.2, -0.15) is 0 Å². The molecule has 0 N–H and O–H groups in total. The van der Waals surface area contributed by atoms with E-state index >= 15 is 0 Å². The second kappa shape index (κ2) is 10.1. The van der Waals surface area contributed by atoms with Crippen LogP contribution in [0.3, 0.4) is 0 Å². The highest BCUT2D eigenvalue weighted by Gasteiger charge is 2.21. The number of benzene rings is 4. The van der Waals surface area contributed by atoms with Crippen LogP contribution in [-0.2, 0) is 16.0 Å². The van der Waals surface area contributed by atoms with Crippen molar-refractivity contribution in [2.24, 2.45) is 0 Å². The Bertz CT molecular complexity index is 1430. The van der Waals surface area contributed by atoms with Crippen LogP contribution in [0.5, 0.6) is 11.5 Å². The average Bonchev–Trinajstić information content (AvgIpc) is 3.26. The highest BCUT2D eigenvalue weighted by molar-refractivity contribution is 5.94. The van der Waals surface area contributed by atoms with E-state index in [-0.39, 0.29) is 0 Å². The number of hydrogen-bond donors (Lipinski definition) is 0. The molecule has 0 radical (unpaired) electrons. The van der Waals surface area contributed by atoms with E-state index in [1.54, 1.807) is 36.4 Å².